The quantitative estimate of drug-likeness (QED) is 0.719. The molecule has 4 nitrogen and oxygen atoms in total. The number of rotatable bonds is 7. The van der Waals surface area contributed by atoms with Crippen molar-refractivity contribution in [2.45, 2.75) is 38.6 Å². The third-order valence-corrected chi connectivity index (χ3v) is 3.84. The highest BCUT2D eigenvalue weighted by atomic mass is 32.1. The molecule has 94 valence electrons. The minimum absolute atomic E-state index is 0.175. The van der Waals surface area contributed by atoms with E-state index in [4.69, 9.17) is 0 Å². The Morgan fingerprint density at radius 3 is 3.00 bits per heavy atom. The molecule has 2 rings (SSSR count). The first-order chi connectivity index (χ1) is 8.25. The predicted molar refractivity (Wildman–Crippen MR) is 69.2 cm³/mol. The lowest BCUT2D eigenvalue weighted by Gasteiger charge is -2.05. The van der Waals surface area contributed by atoms with Crippen LogP contribution < -0.4 is 10.6 Å². The van der Waals surface area contributed by atoms with Crippen molar-refractivity contribution in [2.24, 2.45) is 0 Å². The Morgan fingerprint density at radius 2 is 2.35 bits per heavy atom. The van der Waals surface area contributed by atoms with Gasteiger partial charge in [-0.3, -0.25) is 4.79 Å². The first-order valence-electron chi connectivity index (χ1n) is 6.15. The van der Waals surface area contributed by atoms with Crippen molar-refractivity contribution in [1.82, 2.24) is 15.6 Å². The maximum Gasteiger partial charge on any atom is 0.221 e. The van der Waals surface area contributed by atoms with Gasteiger partial charge >= 0.3 is 0 Å². The fraction of sp³-hybridized carbons (Fsp3) is 0.667. The first-order valence-corrected chi connectivity index (χ1v) is 7.02. The number of carbonyl (C=O) groups excluding carboxylic acids is 1. The fourth-order valence-electron chi connectivity index (χ4n) is 1.62. The molecule has 1 amide bonds. The Morgan fingerprint density at radius 1 is 1.53 bits per heavy atom. The van der Waals surface area contributed by atoms with Crippen LogP contribution in [0.1, 0.15) is 29.8 Å². The third kappa shape index (κ3) is 4.44. The summed E-state index contributed by atoms with van der Waals surface area (Å²) in [5.74, 6) is 0.175. The van der Waals surface area contributed by atoms with Crippen LogP contribution in [0.5, 0.6) is 0 Å². The zero-order valence-corrected chi connectivity index (χ0v) is 11.0. The highest BCUT2D eigenvalue weighted by molar-refractivity contribution is 7.09. The molecule has 5 heteroatoms. The van der Waals surface area contributed by atoms with Gasteiger partial charge in [-0.15, -0.1) is 11.3 Å². The number of thiazole rings is 1. The van der Waals surface area contributed by atoms with Crippen LogP contribution in [0.25, 0.3) is 0 Å². The lowest BCUT2D eigenvalue weighted by atomic mass is 10.3. The van der Waals surface area contributed by atoms with E-state index in [2.05, 4.69) is 15.6 Å². The molecule has 1 aromatic heterocycles. The van der Waals surface area contributed by atoms with E-state index in [1.165, 1.54) is 4.88 Å². The molecular formula is C12H19N3OS. The summed E-state index contributed by atoms with van der Waals surface area (Å²) in [7, 11) is 0. The third-order valence-electron chi connectivity index (χ3n) is 2.84. The number of carbonyl (C=O) groups is 1. The molecule has 1 aromatic rings. The maximum atomic E-state index is 11.4. The van der Waals surface area contributed by atoms with E-state index < -0.39 is 0 Å². The van der Waals surface area contributed by atoms with Crippen molar-refractivity contribution in [3.8, 4) is 0 Å². The summed E-state index contributed by atoms with van der Waals surface area (Å²) in [5, 5.41) is 6.27. The fourth-order valence-corrected chi connectivity index (χ4v) is 2.40. The molecule has 0 radical (unpaired) electrons. The summed E-state index contributed by atoms with van der Waals surface area (Å²) in [6, 6.07) is 0.474. The van der Waals surface area contributed by atoms with Crippen LogP contribution in [0.3, 0.4) is 0 Å². The molecule has 0 atom stereocenters. The Hall–Kier alpha value is -0.940. The van der Waals surface area contributed by atoms with Crippen molar-refractivity contribution in [1.29, 1.82) is 0 Å². The number of nitrogens with zero attached hydrogens (tertiary/aromatic N) is 1. The normalized spacial score (nSPS) is 14.9. The van der Waals surface area contributed by atoms with E-state index in [0.29, 0.717) is 12.5 Å². The second-order valence-electron chi connectivity index (χ2n) is 4.45. The van der Waals surface area contributed by atoms with Gasteiger partial charge in [0.15, 0.2) is 0 Å². The zero-order valence-electron chi connectivity index (χ0n) is 10.2. The number of nitrogens with one attached hydrogen (secondary N) is 2. The molecule has 0 aliphatic heterocycles. The summed E-state index contributed by atoms with van der Waals surface area (Å²) in [6.45, 7) is 3.71. The Bertz CT molecular complexity index is 374. The van der Waals surface area contributed by atoms with Gasteiger partial charge in [0, 0.05) is 30.4 Å². The van der Waals surface area contributed by atoms with Crippen LogP contribution >= 0.6 is 11.3 Å². The second-order valence-corrected chi connectivity index (χ2v) is 5.39. The monoisotopic (exact) mass is 253 g/mol. The van der Waals surface area contributed by atoms with Gasteiger partial charge < -0.3 is 10.6 Å². The lowest BCUT2D eigenvalue weighted by molar-refractivity contribution is -0.121. The summed E-state index contributed by atoms with van der Waals surface area (Å²) in [4.78, 5) is 16.9. The van der Waals surface area contributed by atoms with Gasteiger partial charge in [0.05, 0.1) is 11.2 Å². The van der Waals surface area contributed by atoms with Gasteiger partial charge in [-0.25, -0.2) is 4.98 Å². The number of amides is 1. The average molecular weight is 253 g/mol. The van der Waals surface area contributed by atoms with Gasteiger partial charge in [0.25, 0.3) is 0 Å². The molecule has 17 heavy (non-hydrogen) atoms. The van der Waals surface area contributed by atoms with E-state index in [-0.39, 0.29) is 5.91 Å². The van der Waals surface area contributed by atoms with Gasteiger partial charge in [0.2, 0.25) is 5.91 Å². The summed E-state index contributed by atoms with van der Waals surface area (Å²) in [5.41, 5.74) is 3.01. The molecule has 0 unspecified atom stereocenters. The van der Waals surface area contributed by atoms with Crippen LogP contribution in [0.4, 0.5) is 0 Å². The molecule has 1 heterocycles. The molecule has 0 spiro atoms. The average Bonchev–Trinajstić information content (AvgIpc) is 3.01. The van der Waals surface area contributed by atoms with Crippen molar-refractivity contribution in [3.63, 3.8) is 0 Å². The standard InChI is InChI=1S/C12H19N3OS/c1-9-11(17-8-14-9)4-6-13-7-5-12(16)15-10-2-3-10/h8,10,13H,2-7H2,1H3,(H,15,16). The van der Waals surface area contributed by atoms with Crippen molar-refractivity contribution in [3.05, 3.63) is 16.1 Å². The van der Waals surface area contributed by atoms with Crippen LogP contribution in [-0.4, -0.2) is 30.0 Å². The maximum absolute atomic E-state index is 11.4. The highest BCUT2D eigenvalue weighted by Gasteiger charge is 2.22. The summed E-state index contributed by atoms with van der Waals surface area (Å²) in [6.07, 6.45) is 3.90. The minimum Gasteiger partial charge on any atom is -0.353 e. The smallest absolute Gasteiger partial charge is 0.221 e. The molecule has 0 bridgehead atoms. The molecule has 0 saturated heterocycles. The highest BCUT2D eigenvalue weighted by Crippen LogP contribution is 2.18. The van der Waals surface area contributed by atoms with Gasteiger partial charge in [-0.1, -0.05) is 0 Å². The van der Waals surface area contributed by atoms with Crippen molar-refractivity contribution < 1.29 is 4.79 Å². The molecule has 2 N–H and O–H groups in total. The SMILES string of the molecule is Cc1ncsc1CCNCCC(=O)NC1CC1. The summed E-state index contributed by atoms with van der Waals surface area (Å²) >= 11 is 1.70. The minimum atomic E-state index is 0.175. The number of hydrogen-bond acceptors (Lipinski definition) is 4. The van der Waals surface area contributed by atoms with Gasteiger partial charge in [-0.2, -0.15) is 0 Å². The van der Waals surface area contributed by atoms with Crippen LogP contribution in [0, 0.1) is 6.92 Å². The van der Waals surface area contributed by atoms with Crippen molar-refractivity contribution in [2.75, 3.05) is 13.1 Å². The number of hydrogen-bond donors (Lipinski definition) is 2. The van der Waals surface area contributed by atoms with E-state index in [0.717, 1.165) is 38.0 Å². The van der Waals surface area contributed by atoms with E-state index >= 15 is 0 Å². The van der Waals surface area contributed by atoms with Crippen LogP contribution in [-0.2, 0) is 11.2 Å². The molecule has 1 aliphatic carbocycles. The number of aromatic nitrogens is 1. The van der Waals surface area contributed by atoms with Crippen LogP contribution in [0.15, 0.2) is 5.51 Å². The zero-order chi connectivity index (χ0) is 12.1. The predicted octanol–water partition coefficient (Wildman–Crippen LogP) is 1.25. The topological polar surface area (TPSA) is 54.0 Å². The molecule has 1 saturated carbocycles. The van der Waals surface area contributed by atoms with Gasteiger partial charge in [0.1, 0.15) is 0 Å². The molecule has 1 aliphatic rings. The first kappa shape index (κ1) is 12.5. The molecule has 1 fully saturated rings. The largest absolute Gasteiger partial charge is 0.353 e. The lowest BCUT2D eigenvalue weighted by Crippen LogP contribution is -2.29. The molecular weight excluding hydrogens is 234 g/mol. The van der Waals surface area contributed by atoms with Gasteiger partial charge in [-0.05, 0) is 26.2 Å². The van der Waals surface area contributed by atoms with Crippen molar-refractivity contribution >= 4 is 17.2 Å². The second kappa shape index (κ2) is 6.12. The van der Waals surface area contributed by atoms with Crippen LogP contribution in [0.2, 0.25) is 0 Å². The number of aryl methyl sites for hydroxylation is 1. The van der Waals surface area contributed by atoms with E-state index in [1.54, 1.807) is 11.3 Å². The Balaban J connectivity index is 1.51. The Labute approximate surface area is 106 Å². The van der Waals surface area contributed by atoms with E-state index in [9.17, 15) is 4.79 Å². The Kier molecular flexibility index (Phi) is 4.50. The molecule has 0 aromatic carbocycles. The van der Waals surface area contributed by atoms with E-state index in [1.807, 2.05) is 12.4 Å². The summed E-state index contributed by atoms with van der Waals surface area (Å²) < 4.78 is 0.